The SMILES string of the molecule is C=CC[N+]1(C)CCN(S(=O)(=O)CCCCCCCCCCC)CC1. The van der Waals surface area contributed by atoms with Crippen LogP contribution in [-0.2, 0) is 10.0 Å². The van der Waals surface area contributed by atoms with Gasteiger partial charge in [-0.3, -0.25) is 0 Å². The van der Waals surface area contributed by atoms with Gasteiger partial charge in [0.05, 0.1) is 45.5 Å². The van der Waals surface area contributed by atoms with Gasteiger partial charge in [-0.25, -0.2) is 8.42 Å². The van der Waals surface area contributed by atoms with Crippen molar-refractivity contribution in [2.24, 2.45) is 0 Å². The maximum atomic E-state index is 12.5. The zero-order chi connectivity index (χ0) is 17.9. The lowest BCUT2D eigenvalue weighted by Gasteiger charge is -2.40. The van der Waals surface area contributed by atoms with Crippen LogP contribution in [-0.4, -0.2) is 62.7 Å². The molecule has 0 bridgehead atoms. The average molecular weight is 360 g/mol. The summed E-state index contributed by atoms with van der Waals surface area (Å²) in [6.07, 6.45) is 12.9. The molecule has 1 aliphatic rings. The van der Waals surface area contributed by atoms with E-state index in [9.17, 15) is 8.42 Å². The number of piperazine rings is 1. The fraction of sp³-hybridized carbons (Fsp3) is 0.895. The lowest BCUT2D eigenvalue weighted by atomic mass is 10.1. The van der Waals surface area contributed by atoms with Gasteiger partial charge in [0.1, 0.15) is 0 Å². The van der Waals surface area contributed by atoms with E-state index >= 15 is 0 Å². The predicted molar refractivity (Wildman–Crippen MR) is 104 cm³/mol. The van der Waals surface area contributed by atoms with Crippen LogP contribution in [0.2, 0.25) is 0 Å². The smallest absolute Gasteiger partial charge is 0.214 e. The topological polar surface area (TPSA) is 37.4 Å². The largest absolute Gasteiger partial charge is 0.321 e. The fourth-order valence-corrected chi connectivity index (χ4v) is 4.97. The van der Waals surface area contributed by atoms with E-state index in [1.54, 1.807) is 4.31 Å². The molecule has 0 radical (unpaired) electrons. The van der Waals surface area contributed by atoms with Crippen molar-refractivity contribution in [2.45, 2.75) is 64.7 Å². The predicted octanol–water partition coefficient (Wildman–Crippen LogP) is 3.80. The van der Waals surface area contributed by atoms with Crippen molar-refractivity contribution in [2.75, 3.05) is 45.5 Å². The molecular weight excluding hydrogens is 320 g/mol. The van der Waals surface area contributed by atoms with Gasteiger partial charge >= 0.3 is 0 Å². The Morgan fingerprint density at radius 1 is 0.958 bits per heavy atom. The third-order valence-corrected chi connectivity index (χ3v) is 7.20. The minimum atomic E-state index is -3.06. The minimum Gasteiger partial charge on any atom is -0.321 e. The van der Waals surface area contributed by atoms with E-state index in [0.717, 1.165) is 37.0 Å². The molecule has 0 aromatic rings. The van der Waals surface area contributed by atoms with Gasteiger partial charge < -0.3 is 4.48 Å². The highest BCUT2D eigenvalue weighted by molar-refractivity contribution is 7.89. The summed E-state index contributed by atoms with van der Waals surface area (Å²) in [7, 11) is -0.869. The second kappa shape index (κ2) is 11.3. The van der Waals surface area contributed by atoms with E-state index < -0.39 is 10.0 Å². The summed E-state index contributed by atoms with van der Waals surface area (Å²) in [5, 5.41) is 0. The number of hydrogen-bond donors (Lipinski definition) is 0. The van der Waals surface area contributed by atoms with Crippen LogP contribution < -0.4 is 0 Å². The van der Waals surface area contributed by atoms with Crippen LogP contribution in [0.4, 0.5) is 0 Å². The van der Waals surface area contributed by atoms with Crippen LogP contribution in [0.25, 0.3) is 0 Å². The van der Waals surface area contributed by atoms with Crippen LogP contribution >= 0.6 is 0 Å². The highest BCUT2D eigenvalue weighted by Crippen LogP contribution is 2.16. The number of sulfonamides is 1. The molecule has 0 N–H and O–H groups in total. The summed E-state index contributed by atoms with van der Waals surface area (Å²) < 4.78 is 27.5. The highest BCUT2D eigenvalue weighted by Gasteiger charge is 2.33. The molecule has 1 heterocycles. The van der Waals surface area contributed by atoms with E-state index in [1.807, 2.05) is 6.08 Å². The van der Waals surface area contributed by atoms with Gasteiger partial charge in [0.2, 0.25) is 10.0 Å². The molecule has 0 aromatic heterocycles. The monoisotopic (exact) mass is 359 g/mol. The van der Waals surface area contributed by atoms with Crippen LogP contribution in [0, 0.1) is 0 Å². The second-order valence-electron chi connectivity index (χ2n) is 7.58. The summed E-state index contributed by atoms with van der Waals surface area (Å²) in [6.45, 7) is 10.1. The first-order chi connectivity index (χ1) is 11.4. The molecule has 0 aliphatic carbocycles. The molecule has 1 rings (SSSR count). The molecule has 24 heavy (non-hydrogen) atoms. The molecule has 5 heteroatoms. The molecule has 1 saturated heterocycles. The Labute approximate surface area is 150 Å². The quantitative estimate of drug-likeness (QED) is 0.285. The first-order valence-corrected chi connectivity index (χ1v) is 11.5. The first-order valence-electron chi connectivity index (χ1n) is 9.86. The van der Waals surface area contributed by atoms with Crippen LogP contribution in [0.1, 0.15) is 64.7 Å². The van der Waals surface area contributed by atoms with E-state index in [0.29, 0.717) is 18.8 Å². The highest BCUT2D eigenvalue weighted by atomic mass is 32.2. The number of rotatable bonds is 13. The lowest BCUT2D eigenvalue weighted by molar-refractivity contribution is -0.907. The van der Waals surface area contributed by atoms with Crippen molar-refractivity contribution < 1.29 is 12.9 Å². The van der Waals surface area contributed by atoms with Gasteiger partial charge in [-0.05, 0) is 12.5 Å². The van der Waals surface area contributed by atoms with E-state index in [4.69, 9.17) is 0 Å². The fourth-order valence-electron chi connectivity index (χ4n) is 3.43. The van der Waals surface area contributed by atoms with Gasteiger partial charge in [-0.1, -0.05) is 64.9 Å². The van der Waals surface area contributed by atoms with Crippen molar-refractivity contribution in [1.29, 1.82) is 0 Å². The molecule has 142 valence electrons. The number of likely N-dealkylation sites (N-methyl/N-ethyl adjacent to an activating group) is 1. The Hall–Kier alpha value is -0.390. The third kappa shape index (κ3) is 8.13. The minimum absolute atomic E-state index is 0.327. The van der Waals surface area contributed by atoms with Crippen molar-refractivity contribution in [1.82, 2.24) is 4.31 Å². The summed E-state index contributed by atoms with van der Waals surface area (Å²) in [5.41, 5.74) is 0. The number of hydrogen-bond acceptors (Lipinski definition) is 2. The maximum Gasteiger partial charge on any atom is 0.214 e. The molecular formula is C19H39N2O2S+. The van der Waals surface area contributed by atoms with Crippen molar-refractivity contribution in [3.8, 4) is 0 Å². The van der Waals surface area contributed by atoms with Crippen LogP contribution in [0.5, 0.6) is 0 Å². The van der Waals surface area contributed by atoms with Crippen molar-refractivity contribution >= 4 is 10.0 Å². The Morgan fingerprint density at radius 2 is 1.46 bits per heavy atom. The number of nitrogens with zero attached hydrogens (tertiary/aromatic N) is 2. The molecule has 0 unspecified atom stereocenters. The van der Waals surface area contributed by atoms with E-state index in [1.165, 1.54) is 44.9 Å². The Morgan fingerprint density at radius 3 is 1.96 bits per heavy atom. The van der Waals surface area contributed by atoms with Gasteiger partial charge in [0.25, 0.3) is 0 Å². The molecule has 0 amide bonds. The molecule has 0 aromatic carbocycles. The van der Waals surface area contributed by atoms with Crippen LogP contribution in [0.3, 0.4) is 0 Å². The zero-order valence-electron chi connectivity index (χ0n) is 16.0. The molecule has 0 atom stereocenters. The Kier molecular flexibility index (Phi) is 10.2. The molecule has 1 aliphatic heterocycles. The normalized spacial score (nSPS) is 18.6. The van der Waals surface area contributed by atoms with Gasteiger partial charge in [-0.15, -0.1) is 0 Å². The summed E-state index contributed by atoms with van der Waals surface area (Å²) in [6, 6.07) is 0. The molecule has 4 nitrogen and oxygen atoms in total. The number of quaternary nitrogens is 1. The van der Waals surface area contributed by atoms with E-state index in [-0.39, 0.29) is 0 Å². The zero-order valence-corrected chi connectivity index (χ0v) is 16.8. The second-order valence-corrected chi connectivity index (χ2v) is 9.67. The van der Waals surface area contributed by atoms with Crippen LogP contribution in [0.15, 0.2) is 12.7 Å². The standard InChI is InChI=1S/C19H39N2O2S/c1-4-6-7-8-9-10-11-12-13-19-24(22,23)20-14-17-21(3,16-5-2)18-15-20/h5H,2,4,6-19H2,1,3H3/q+1. The lowest BCUT2D eigenvalue weighted by Crippen LogP contribution is -2.58. The van der Waals surface area contributed by atoms with E-state index in [2.05, 4.69) is 20.6 Å². The van der Waals surface area contributed by atoms with Gasteiger partial charge in [0.15, 0.2) is 0 Å². The third-order valence-electron chi connectivity index (χ3n) is 5.25. The average Bonchev–Trinajstić information content (AvgIpc) is 2.53. The summed E-state index contributed by atoms with van der Waals surface area (Å²) in [5.74, 6) is 0.327. The number of unbranched alkanes of at least 4 members (excludes halogenated alkanes) is 8. The Balaban J connectivity index is 2.15. The first kappa shape index (κ1) is 21.7. The summed E-state index contributed by atoms with van der Waals surface area (Å²) in [4.78, 5) is 0. The van der Waals surface area contributed by atoms with Gasteiger partial charge in [-0.2, -0.15) is 4.31 Å². The molecule has 0 spiro atoms. The van der Waals surface area contributed by atoms with Crippen molar-refractivity contribution in [3.63, 3.8) is 0 Å². The summed E-state index contributed by atoms with van der Waals surface area (Å²) >= 11 is 0. The molecule has 1 fully saturated rings. The molecule has 0 saturated carbocycles. The Bertz CT molecular complexity index is 440. The maximum absolute atomic E-state index is 12.5. The van der Waals surface area contributed by atoms with Gasteiger partial charge in [0, 0.05) is 0 Å². The van der Waals surface area contributed by atoms with Crippen molar-refractivity contribution in [3.05, 3.63) is 12.7 Å².